The van der Waals surface area contributed by atoms with Crippen molar-refractivity contribution in [3.05, 3.63) is 30.0 Å². The van der Waals surface area contributed by atoms with E-state index < -0.39 is 17.3 Å². The number of halogens is 3. The van der Waals surface area contributed by atoms with E-state index in [1.807, 2.05) is 0 Å². The lowest BCUT2D eigenvalue weighted by molar-refractivity contribution is -0.137. The van der Waals surface area contributed by atoms with Crippen molar-refractivity contribution in [1.82, 2.24) is 14.6 Å². The summed E-state index contributed by atoms with van der Waals surface area (Å²) in [6.07, 6.45) is -1.78. The number of ether oxygens (including phenoxy) is 1. The lowest BCUT2D eigenvalue weighted by Crippen LogP contribution is -2.48. The number of aromatic nitrogens is 3. The zero-order valence-corrected chi connectivity index (χ0v) is 17.1. The van der Waals surface area contributed by atoms with Crippen LogP contribution in [0.25, 0.3) is 16.2 Å². The molecule has 2 aromatic heterocycles. The number of imidazole rings is 1. The molecule has 4 rings (SSSR count). The number of anilines is 1. The molecule has 0 radical (unpaired) electrons. The Hall–Kier alpha value is -2.37. The molecule has 0 amide bonds. The molecule has 1 saturated heterocycles. The van der Waals surface area contributed by atoms with Crippen molar-refractivity contribution in [3.8, 4) is 17.0 Å². The van der Waals surface area contributed by atoms with Gasteiger partial charge in [0.1, 0.15) is 5.75 Å². The summed E-state index contributed by atoms with van der Waals surface area (Å²) in [5.41, 5.74) is 5.09. The van der Waals surface area contributed by atoms with Gasteiger partial charge in [-0.25, -0.2) is 9.50 Å². The topological polar surface area (TPSA) is 88.9 Å². The van der Waals surface area contributed by atoms with Crippen LogP contribution in [0.5, 0.6) is 5.75 Å². The van der Waals surface area contributed by atoms with Crippen molar-refractivity contribution in [3.63, 3.8) is 0 Å². The molecule has 0 spiro atoms. The molecule has 3 aromatic rings. The van der Waals surface area contributed by atoms with E-state index in [4.69, 9.17) is 10.5 Å². The van der Waals surface area contributed by atoms with Crippen molar-refractivity contribution < 1.29 is 23.0 Å². The summed E-state index contributed by atoms with van der Waals surface area (Å²) >= 11 is 1.39. The third-order valence-corrected chi connectivity index (χ3v) is 6.29. The van der Waals surface area contributed by atoms with Crippen LogP contribution in [0.15, 0.2) is 24.4 Å². The summed E-state index contributed by atoms with van der Waals surface area (Å²) in [5.74, 6) is 0.134. The minimum atomic E-state index is -4.45. The number of rotatable bonds is 5. The Labute approximate surface area is 174 Å². The molecule has 1 aliphatic heterocycles. The molecule has 0 unspecified atom stereocenters. The molecule has 0 atom stereocenters. The Morgan fingerprint density at radius 3 is 2.67 bits per heavy atom. The maximum atomic E-state index is 13.1. The first-order valence-electron chi connectivity index (χ1n) is 9.60. The summed E-state index contributed by atoms with van der Waals surface area (Å²) in [6, 6.07) is 3.42. The predicted molar refractivity (Wildman–Crippen MR) is 108 cm³/mol. The van der Waals surface area contributed by atoms with Gasteiger partial charge in [-0.3, -0.25) is 0 Å². The molecule has 162 valence electrons. The van der Waals surface area contributed by atoms with Gasteiger partial charge >= 0.3 is 6.18 Å². The highest BCUT2D eigenvalue weighted by Gasteiger charge is 2.33. The van der Waals surface area contributed by atoms with Gasteiger partial charge in [0.15, 0.2) is 0 Å². The summed E-state index contributed by atoms with van der Waals surface area (Å²) in [6.45, 7) is 3.40. The Morgan fingerprint density at radius 1 is 1.30 bits per heavy atom. The monoisotopic (exact) mass is 441 g/mol. The number of alkyl halides is 3. The highest BCUT2D eigenvalue weighted by Crippen LogP contribution is 2.38. The van der Waals surface area contributed by atoms with Crippen LogP contribution in [0.1, 0.15) is 25.3 Å². The Kier molecular flexibility index (Phi) is 5.37. The Morgan fingerprint density at radius 2 is 2.03 bits per heavy atom. The maximum absolute atomic E-state index is 13.1. The lowest BCUT2D eigenvalue weighted by atomic mass is 9.92. The van der Waals surface area contributed by atoms with Gasteiger partial charge in [-0.1, -0.05) is 11.3 Å². The number of hydrogen-bond donors (Lipinski definition) is 2. The highest BCUT2D eigenvalue weighted by molar-refractivity contribution is 7.20. The van der Waals surface area contributed by atoms with E-state index in [-0.39, 0.29) is 18.9 Å². The van der Waals surface area contributed by atoms with Gasteiger partial charge < -0.3 is 20.5 Å². The van der Waals surface area contributed by atoms with E-state index in [1.54, 1.807) is 17.6 Å². The molecule has 11 heteroatoms. The van der Waals surface area contributed by atoms with Gasteiger partial charge in [-0.2, -0.15) is 13.2 Å². The number of hydrogen-bond acceptors (Lipinski definition) is 7. The number of nitrogens with two attached hydrogens (primary N) is 1. The van der Waals surface area contributed by atoms with Gasteiger partial charge in [-0.05, 0) is 38.0 Å². The summed E-state index contributed by atoms with van der Waals surface area (Å²) < 4.78 is 46.4. The minimum absolute atomic E-state index is 0.134. The third-order valence-electron chi connectivity index (χ3n) is 5.30. The average Bonchev–Trinajstić information content (AvgIpc) is 3.29. The quantitative estimate of drug-likeness (QED) is 0.632. The van der Waals surface area contributed by atoms with E-state index >= 15 is 0 Å². The molecule has 1 fully saturated rings. The summed E-state index contributed by atoms with van der Waals surface area (Å²) in [5, 5.41) is 15.7. The molecule has 30 heavy (non-hydrogen) atoms. The zero-order chi connectivity index (χ0) is 21.5. The van der Waals surface area contributed by atoms with Gasteiger partial charge in [0, 0.05) is 25.2 Å². The normalized spacial score (nSPS) is 16.9. The van der Waals surface area contributed by atoms with Crippen molar-refractivity contribution >= 4 is 21.4 Å². The number of aliphatic hydroxyl groups is 1. The lowest BCUT2D eigenvalue weighted by Gasteiger charge is -2.37. The second-order valence-electron chi connectivity index (χ2n) is 7.28. The predicted octanol–water partition coefficient (Wildman–Crippen LogP) is 3.17. The molecule has 7 nitrogen and oxygen atoms in total. The van der Waals surface area contributed by atoms with E-state index in [1.165, 1.54) is 17.4 Å². The van der Waals surface area contributed by atoms with E-state index in [0.29, 0.717) is 42.1 Å². The molecule has 0 saturated carbocycles. The van der Waals surface area contributed by atoms with E-state index in [2.05, 4.69) is 15.0 Å². The molecule has 1 aliphatic rings. The van der Waals surface area contributed by atoms with Gasteiger partial charge in [-0.15, -0.1) is 5.10 Å². The van der Waals surface area contributed by atoms with Crippen LogP contribution in [-0.4, -0.2) is 51.5 Å². The Balaban J connectivity index is 1.68. The van der Waals surface area contributed by atoms with Crippen LogP contribution in [-0.2, 0) is 6.18 Å². The molecule has 0 aliphatic carbocycles. The molecule has 3 heterocycles. The minimum Gasteiger partial charge on any atom is -0.493 e. The van der Waals surface area contributed by atoms with Crippen LogP contribution >= 0.6 is 11.3 Å². The second kappa shape index (κ2) is 7.71. The van der Waals surface area contributed by atoms with Crippen LogP contribution < -0.4 is 15.4 Å². The Bertz CT molecular complexity index is 1040. The fourth-order valence-electron chi connectivity index (χ4n) is 3.50. The fourth-order valence-corrected chi connectivity index (χ4v) is 4.43. The standard InChI is InChI=1S/C19H22F3N5O2S/c1-2-29-15-9-12(19(20,21)22)3-4-13(15)14-10-24-16-27(14)25-17(30-16)26-7-5-18(28,11-23)6-8-26/h3-4,9-10,28H,2,5-8,11,23H2,1H3. The van der Waals surface area contributed by atoms with Gasteiger partial charge in [0.25, 0.3) is 0 Å². The molecule has 3 N–H and O–H groups in total. The van der Waals surface area contributed by atoms with E-state index in [9.17, 15) is 18.3 Å². The van der Waals surface area contributed by atoms with Crippen molar-refractivity contribution in [2.24, 2.45) is 5.73 Å². The first kappa shape index (κ1) is 20.9. The van der Waals surface area contributed by atoms with Crippen molar-refractivity contribution in [2.75, 3.05) is 31.1 Å². The first-order valence-corrected chi connectivity index (χ1v) is 10.4. The fraction of sp³-hybridized carbons (Fsp3) is 0.474. The molecule has 0 bridgehead atoms. The van der Waals surface area contributed by atoms with Crippen molar-refractivity contribution in [1.29, 1.82) is 0 Å². The van der Waals surface area contributed by atoms with E-state index in [0.717, 1.165) is 17.3 Å². The van der Waals surface area contributed by atoms with Crippen LogP contribution in [0, 0.1) is 0 Å². The zero-order valence-electron chi connectivity index (χ0n) is 16.3. The smallest absolute Gasteiger partial charge is 0.416 e. The highest BCUT2D eigenvalue weighted by atomic mass is 32.1. The number of fused-ring (bicyclic) bond motifs is 1. The number of nitrogens with zero attached hydrogens (tertiary/aromatic N) is 4. The average molecular weight is 441 g/mol. The first-order chi connectivity index (χ1) is 14.2. The second-order valence-corrected chi connectivity index (χ2v) is 8.21. The summed E-state index contributed by atoms with van der Waals surface area (Å²) in [7, 11) is 0. The third kappa shape index (κ3) is 3.84. The molecular formula is C19H22F3N5O2S. The maximum Gasteiger partial charge on any atom is 0.416 e. The van der Waals surface area contributed by atoms with Crippen LogP contribution in [0.3, 0.4) is 0 Å². The molecule has 1 aromatic carbocycles. The summed E-state index contributed by atoms with van der Waals surface area (Å²) in [4.78, 5) is 7.06. The SMILES string of the molecule is CCOc1cc(C(F)(F)F)ccc1-c1cnc2sc(N3CCC(O)(CN)CC3)nn12. The van der Waals surface area contributed by atoms with Crippen LogP contribution in [0.2, 0.25) is 0 Å². The molecular weight excluding hydrogens is 419 g/mol. The number of benzene rings is 1. The van der Waals surface area contributed by atoms with Gasteiger partial charge in [0.2, 0.25) is 10.1 Å². The van der Waals surface area contributed by atoms with Crippen LogP contribution in [0.4, 0.5) is 18.3 Å². The van der Waals surface area contributed by atoms with Crippen molar-refractivity contribution in [2.45, 2.75) is 31.5 Å². The van der Waals surface area contributed by atoms with Gasteiger partial charge in [0.05, 0.1) is 29.7 Å². The largest absolute Gasteiger partial charge is 0.493 e. The number of piperidine rings is 1.